The van der Waals surface area contributed by atoms with Crippen LogP contribution in [0.15, 0.2) is 43.0 Å². The van der Waals surface area contributed by atoms with E-state index in [-0.39, 0.29) is 6.61 Å². The highest BCUT2D eigenvalue weighted by Crippen LogP contribution is 2.01. The van der Waals surface area contributed by atoms with Gasteiger partial charge in [-0.05, 0) is 10.1 Å². The lowest BCUT2D eigenvalue weighted by molar-refractivity contribution is -0.141. The van der Waals surface area contributed by atoms with Crippen LogP contribution in [0, 0.1) is 0 Å². The van der Waals surface area contributed by atoms with Crippen molar-refractivity contribution >= 4 is 20.7 Å². The highest BCUT2D eigenvalue weighted by molar-refractivity contribution is 7.16. The summed E-state index contributed by atoms with van der Waals surface area (Å²) < 4.78 is 17.9. The Labute approximate surface area is 123 Å². The molecule has 1 unspecified atom stereocenters. The fraction of sp³-hybridized carbons (Fsp3) is 0.231. The summed E-state index contributed by atoms with van der Waals surface area (Å²) in [7, 11) is 0.0653. The summed E-state index contributed by atoms with van der Waals surface area (Å²) >= 11 is 0. The Bertz CT molecular complexity index is 465. The molecule has 2 atom stereocenters. The van der Waals surface area contributed by atoms with Crippen molar-refractivity contribution in [3.05, 3.63) is 48.6 Å². The minimum Gasteiger partial charge on any atom is -0.467 e. The van der Waals surface area contributed by atoms with Crippen LogP contribution in [0.4, 0.5) is 4.79 Å². The average Bonchev–Trinajstić information content (AvgIpc) is 2.51. The van der Waals surface area contributed by atoms with E-state index in [9.17, 15) is 9.59 Å². The number of carbonyl (C=O) groups is 2. The Morgan fingerprint density at radius 2 is 2.00 bits per heavy atom. The zero-order valence-electron chi connectivity index (χ0n) is 11.4. The van der Waals surface area contributed by atoms with E-state index in [0.29, 0.717) is 0 Å². The SMILES string of the molecule is C=C[C@H](NC(=O)OCc1ccccc1)C(=O)OC.O=[PH+]O. The van der Waals surface area contributed by atoms with Crippen LogP contribution in [0.3, 0.4) is 0 Å². The molecule has 0 spiro atoms. The van der Waals surface area contributed by atoms with Gasteiger partial charge in [0.2, 0.25) is 0 Å². The molecule has 1 aromatic rings. The van der Waals surface area contributed by atoms with E-state index in [1.807, 2.05) is 30.3 Å². The van der Waals surface area contributed by atoms with E-state index in [2.05, 4.69) is 16.6 Å². The van der Waals surface area contributed by atoms with Crippen LogP contribution in [-0.4, -0.2) is 30.1 Å². The Balaban J connectivity index is 0.00000122. The number of rotatable bonds is 5. The maximum absolute atomic E-state index is 11.4. The van der Waals surface area contributed by atoms with Crippen molar-refractivity contribution in [3.8, 4) is 0 Å². The normalized spacial score (nSPS) is 10.6. The van der Waals surface area contributed by atoms with Crippen molar-refractivity contribution in [2.75, 3.05) is 7.11 Å². The lowest BCUT2D eigenvalue weighted by atomic mass is 10.2. The molecule has 1 aromatic carbocycles. The molecule has 0 aliphatic rings. The van der Waals surface area contributed by atoms with Gasteiger partial charge in [-0.1, -0.05) is 36.4 Å². The van der Waals surface area contributed by atoms with Gasteiger partial charge < -0.3 is 14.8 Å². The second-order valence-corrected chi connectivity index (χ2v) is 3.72. The summed E-state index contributed by atoms with van der Waals surface area (Å²) in [5, 5.41) is 2.33. The molecule has 0 saturated carbocycles. The Kier molecular flexibility index (Phi) is 10.3. The van der Waals surface area contributed by atoms with Gasteiger partial charge in [-0.25, -0.2) is 9.59 Å². The molecule has 8 heteroatoms. The number of nitrogens with one attached hydrogen (secondary N) is 1. The van der Waals surface area contributed by atoms with E-state index < -0.39 is 26.8 Å². The minimum atomic E-state index is -1.17. The van der Waals surface area contributed by atoms with Crippen LogP contribution in [0.5, 0.6) is 0 Å². The Morgan fingerprint density at radius 1 is 1.43 bits per heavy atom. The van der Waals surface area contributed by atoms with Crippen molar-refractivity contribution in [2.45, 2.75) is 12.6 Å². The molecule has 0 aromatic heterocycles. The maximum atomic E-state index is 11.4. The molecule has 0 aliphatic carbocycles. The number of hydrogen-bond acceptors (Lipinski definition) is 5. The monoisotopic (exact) mass is 314 g/mol. The quantitative estimate of drug-likeness (QED) is 0.486. The zero-order chi connectivity index (χ0) is 16.1. The van der Waals surface area contributed by atoms with E-state index >= 15 is 0 Å². The molecule has 0 aliphatic heterocycles. The van der Waals surface area contributed by atoms with E-state index in [0.717, 1.165) is 5.56 Å². The molecule has 0 saturated heterocycles. The van der Waals surface area contributed by atoms with Crippen LogP contribution in [0.2, 0.25) is 0 Å². The molecule has 21 heavy (non-hydrogen) atoms. The van der Waals surface area contributed by atoms with Crippen molar-refractivity contribution in [2.24, 2.45) is 0 Å². The zero-order valence-corrected chi connectivity index (χ0v) is 12.4. The Hall–Kier alpha value is -2.24. The molecule has 0 fully saturated rings. The standard InChI is InChI=1S/C13H15NO4.HO2P/c1-3-11(12(15)17-2)14-13(16)18-9-10-7-5-4-6-8-10;1-3-2/h3-8,11H,1,9H2,2H3,(H,14,16);3H/p+1/t11-;/m0./s1. The number of carbonyl (C=O) groups excluding carboxylic acids is 2. The highest BCUT2D eigenvalue weighted by Gasteiger charge is 2.18. The fourth-order valence-electron chi connectivity index (χ4n) is 1.23. The highest BCUT2D eigenvalue weighted by atomic mass is 31.1. The van der Waals surface area contributed by atoms with Crippen LogP contribution in [0.1, 0.15) is 5.56 Å². The van der Waals surface area contributed by atoms with Crippen molar-refractivity contribution in [1.82, 2.24) is 5.32 Å². The van der Waals surface area contributed by atoms with Gasteiger partial charge in [0.1, 0.15) is 12.6 Å². The molecule has 2 N–H and O–H groups in total. The second-order valence-electron chi connectivity index (χ2n) is 3.53. The fourth-order valence-corrected chi connectivity index (χ4v) is 1.23. The number of alkyl carbamates (subject to hydrolysis) is 1. The average molecular weight is 314 g/mol. The van der Waals surface area contributed by atoms with Crippen molar-refractivity contribution < 1.29 is 28.5 Å². The van der Waals surface area contributed by atoms with Crippen LogP contribution in [-0.2, 0) is 25.4 Å². The van der Waals surface area contributed by atoms with Gasteiger partial charge in [-0.2, -0.15) is 4.89 Å². The van der Waals surface area contributed by atoms with Crippen LogP contribution >= 0.6 is 8.69 Å². The lowest BCUT2D eigenvalue weighted by Gasteiger charge is -2.12. The summed E-state index contributed by atoms with van der Waals surface area (Å²) in [6.07, 6.45) is 0.574. The van der Waals surface area contributed by atoms with Crippen molar-refractivity contribution in [1.29, 1.82) is 0 Å². The largest absolute Gasteiger partial charge is 0.491 e. The number of benzene rings is 1. The third-order valence-corrected chi connectivity index (χ3v) is 2.18. The molecular formula is C13H17NO6P+. The number of ether oxygens (including phenoxy) is 2. The molecular weight excluding hydrogens is 297 g/mol. The number of esters is 1. The molecule has 114 valence electrons. The first-order chi connectivity index (χ1) is 10.1. The number of methoxy groups -OCH3 is 1. The van der Waals surface area contributed by atoms with Crippen LogP contribution < -0.4 is 5.32 Å². The molecule has 7 nitrogen and oxygen atoms in total. The summed E-state index contributed by atoms with van der Waals surface area (Å²) in [6.45, 7) is 3.57. The van der Waals surface area contributed by atoms with Crippen molar-refractivity contribution in [3.63, 3.8) is 0 Å². The van der Waals surface area contributed by atoms with E-state index in [1.54, 1.807) is 0 Å². The molecule has 0 heterocycles. The minimum absolute atomic E-state index is 0.137. The molecule has 0 bridgehead atoms. The van der Waals surface area contributed by atoms with Gasteiger partial charge in [0.15, 0.2) is 0 Å². The first kappa shape index (κ1) is 18.8. The maximum Gasteiger partial charge on any atom is 0.491 e. The summed E-state index contributed by atoms with van der Waals surface area (Å²) in [4.78, 5) is 29.6. The topological polar surface area (TPSA) is 102 Å². The second kappa shape index (κ2) is 11.6. The Morgan fingerprint density at radius 3 is 2.48 bits per heavy atom. The lowest BCUT2D eigenvalue weighted by Crippen LogP contribution is -2.40. The predicted molar refractivity (Wildman–Crippen MR) is 77.0 cm³/mol. The van der Waals surface area contributed by atoms with E-state index in [4.69, 9.17) is 14.2 Å². The van der Waals surface area contributed by atoms with Gasteiger partial charge in [0.25, 0.3) is 0 Å². The van der Waals surface area contributed by atoms with Gasteiger partial charge in [-0.3, -0.25) is 0 Å². The first-order valence-electron chi connectivity index (χ1n) is 5.77. The summed E-state index contributed by atoms with van der Waals surface area (Å²) in [6, 6.07) is 8.32. The van der Waals surface area contributed by atoms with Gasteiger partial charge in [-0.15, -0.1) is 6.58 Å². The van der Waals surface area contributed by atoms with Gasteiger partial charge in [0.05, 0.1) is 7.11 Å². The third-order valence-electron chi connectivity index (χ3n) is 2.18. The molecule has 1 amide bonds. The molecule has 0 radical (unpaired) electrons. The van der Waals surface area contributed by atoms with Crippen LogP contribution in [0.25, 0.3) is 0 Å². The van der Waals surface area contributed by atoms with Gasteiger partial charge >= 0.3 is 20.7 Å². The summed E-state index contributed by atoms with van der Waals surface area (Å²) in [5.74, 6) is -0.596. The first-order valence-corrected chi connectivity index (χ1v) is 6.63. The third kappa shape index (κ3) is 8.52. The molecule has 1 rings (SSSR count). The predicted octanol–water partition coefficient (Wildman–Crippen LogP) is 1.56. The smallest absolute Gasteiger partial charge is 0.467 e. The number of amides is 1. The van der Waals surface area contributed by atoms with E-state index in [1.165, 1.54) is 13.2 Å². The number of hydrogen-bond donors (Lipinski definition) is 2. The summed E-state index contributed by atoms with van der Waals surface area (Å²) in [5.41, 5.74) is 0.862. The van der Waals surface area contributed by atoms with Gasteiger partial charge in [0, 0.05) is 0 Å².